The van der Waals surface area contributed by atoms with E-state index in [0.29, 0.717) is 17.9 Å². The van der Waals surface area contributed by atoms with Gasteiger partial charge in [-0.25, -0.2) is 0 Å². The number of ether oxygens (including phenoxy) is 1. The van der Waals surface area contributed by atoms with Crippen LogP contribution in [0.1, 0.15) is 51.5 Å². The van der Waals surface area contributed by atoms with Crippen LogP contribution in [0.25, 0.3) is 0 Å². The molecule has 3 aromatic rings. The van der Waals surface area contributed by atoms with Crippen LogP contribution in [0.3, 0.4) is 0 Å². The molecular weight excluding hydrogens is 392 g/mol. The number of aromatic hydroxyl groups is 1. The van der Waals surface area contributed by atoms with E-state index in [1.807, 2.05) is 44.2 Å². The number of aryl methyl sites for hydroxylation is 1. The Labute approximate surface area is 181 Å². The monoisotopic (exact) mass is 416 g/mol. The van der Waals surface area contributed by atoms with Crippen molar-refractivity contribution in [3.8, 4) is 17.7 Å². The van der Waals surface area contributed by atoms with E-state index < -0.39 is 17.2 Å². The molecule has 0 saturated heterocycles. The zero-order valence-electron chi connectivity index (χ0n) is 17.8. The Morgan fingerprint density at radius 2 is 1.87 bits per heavy atom. The number of hydrogen-bond donors (Lipinski definition) is 1. The van der Waals surface area contributed by atoms with Crippen LogP contribution < -0.4 is 10.3 Å². The zero-order chi connectivity index (χ0) is 22.5. The molecule has 1 heterocycles. The quantitative estimate of drug-likeness (QED) is 0.585. The van der Waals surface area contributed by atoms with Crippen LogP contribution in [-0.4, -0.2) is 22.1 Å². The molecule has 0 aliphatic heterocycles. The van der Waals surface area contributed by atoms with Crippen molar-refractivity contribution in [1.29, 1.82) is 5.26 Å². The predicted molar refractivity (Wildman–Crippen MR) is 118 cm³/mol. The van der Waals surface area contributed by atoms with Crippen LogP contribution in [0, 0.1) is 25.2 Å². The summed E-state index contributed by atoms with van der Waals surface area (Å²) in [6.07, 6.45) is 0.827. The first-order chi connectivity index (χ1) is 14.9. The molecule has 1 aromatic heterocycles. The van der Waals surface area contributed by atoms with Gasteiger partial charge in [-0.05, 0) is 43.5 Å². The van der Waals surface area contributed by atoms with Crippen LogP contribution in [0.2, 0.25) is 0 Å². The minimum absolute atomic E-state index is 0.0415. The van der Waals surface area contributed by atoms with Gasteiger partial charge in [-0.2, -0.15) is 5.26 Å². The van der Waals surface area contributed by atoms with E-state index in [-0.39, 0.29) is 23.2 Å². The molecule has 2 aromatic carbocycles. The molecule has 0 saturated carbocycles. The summed E-state index contributed by atoms with van der Waals surface area (Å²) in [5, 5.41) is 20.5. The van der Waals surface area contributed by atoms with Gasteiger partial charge in [0.25, 0.3) is 5.56 Å². The summed E-state index contributed by atoms with van der Waals surface area (Å²) >= 11 is 0. The van der Waals surface area contributed by atoms with E-state index in [9.17, 15) is 20.0 Å². The summed E-state index contributed by atoms with van der Waals surface area (Å²) in [6, 6.07) is 16.0. The summed E-state index contributed by atoms with van der Waals surface area (Å²) in [7, 11) is 0. The Hall–Kier alpha value is -3.85. The number of ketones is 1. The molecule has 0 fully saturated rings. The Bertz CT molecular complexity index is 1220. The normalized spacial score (nSPS) is 10.5. The first-order valence-electron chi connectivity index (χ1n) is 10.1. The number of benzene rings is 2. The summed E-state index contributed by atoms with van der Waals surface area (Å²) in [4.78, 5) is 26.1. The third kappa shape index (κ3) is 4.51. The topological polar surface area (TPSA) is 92.3 Å². The highest BCUT2D eigenvalue weighted by Crippen LogP contribution is 2.27. The third-order valence-electron chi connectivity index (χ3n) is 5.06. The minimum Gasteiger partial charge on any atom is -0.494 e. The molecule has 0 amide bonds. The van der Waals surface area contributed by atoms with Crippen molar-refractivity contribution in [1.82, 2.24) is 4.57 Å². The lowest BCUT2D eigenvalue weighted by Crippen LogP contribution is -2.27. The molecule has 0 aliphatic carbocycles. The lowest BCUT2D eigenvalue weighted by Gasteiger charge is -2.16. The van der Waals surface area contributed by atoms with Crippen molar-refractivity contribution in [2.45, 2.75) is 33.7 Å². The number of carbonyl (C=O) groups excluding carboxylic acids is 1. The summed E-state index contributed by atoms with van der Waals surface area (Å²) in [5.41, 5.74) is 1.44. The summed E-state index contributed by atoms with van der Waals surface area (Å²) in [6.45, 7) is 5.99. The Kier molecular flexibility index (Phi) is 6.56. The highest BCUT2D eigenvalue weighted by molar-refractivity contribution is 6.11. The number of aromatic nitrogens is 1. The molecule has 3 rings (SSSR count). The predicted octanol–water partition coefficient (Wildman–Crippen LogP) is 4.11. The van der Waals surface area contributed by atoms with Gasteiger partial charge in [-0.15, -0.1) is 0 Å². The molecular formula is C25H24N2O4. The van der Waals surface area contributed by atoms with Crippen molar-refractivity contribution < 1.29 is 14.6 Å². The second kappa shape index (κ2) is 9.31. The first-order valence-corrected chi connectivity index (χ1v) is 10.1. The van der Waals surface area contributed by atoms with Gasteiger partial charge < -0.3 is 9.84 Å². The minimum atomic E-state index is -0.630. The highest BCUT2D eigenvalue weighted by Gasteiger charge is 2.25. The van der Waals surface area contributed by atoms with E-state index in [0.717, 1.165) is 22.1 Å². The maximum Gasteiger partial charge on any atom is 0.271 e. The van der Waals surface area contributed by atoms with Gasteiger partial charge in [0, 0.05) is 5.56 Å². The van der Waals surface area contributed by atoms with Gasteiger partial charge >= 0.3 is 0 Å². The Morgan fingerprint density at radius 3 is 2.52 bits per heavy atom. The van der Waals surface area contributed by atoms with Gasteiger partial charge in [0.1, 0.15) is 17.4 Å². The molecule has 0 atom stereocenters. The van der Waals surface area contributed by atoms with Crippen molar-refractivity contribution in [2.24, 2.45) is 0 Å². The SMILES string of the molecule is CCCOc1cccc(C(=O)c2c(C)c(C#N)c(=O)n(Cc3ccc(C)cc3)c2O)c1. The standard InChI is InChI=1S/C25H24N2O4/c1-4-12-31-20-7-5-6-19(13-20)23(28)22-17(3)21(14-26)24(29)27(25(22)30)15-18-10-8-16(2)9-11-18/h5-11,13,30H,4,12,15H2,1-3H3. The second-order valence-corrected chi connectivity index (χ2v) is 7.39. The molecule has 31 heavy (non-hydrogen) atoms. The molecule has 1 N–H and O–H groups in total. The summed E-state index contributed by atoms with van der Waals surface area (Å²) < 4.78 is 6.67. The number of hydrogen-bond acceptors (Lipinski definition) is 5. The van der Waals surface area contributed by atoms with E-state index in [1.54, 1.807) is 24.3 Å². The van der Waals surface area contributed by atoms with Crippen molar-refractivity contribution in [3.05, 3.63) is 92.3 Å². The molecule has 6 heteroatoms. The molecule has 0 bridgehead atoms. The average Bonchev–Trinajstić information content (AvgIpc) is 2.77. The lowest BCUT2D eigenvalue weighted by atomic mass is 9.97. The molecule has 0 spiro atoms. The van der Waals surface area contributed by atoms with E-state index in [4.69, 9.17) is 4.74 Å². The number of carbonyl (C=O) groups is 1. The Morgan fingerprint density at radius 1 is 1.16 bits per heavy atom. The van der Waals surface area contributed by atoms with Gasteiger partial charge in [0.15, 0.2) is 5.78 Å². The molecule has 6 nitrogen and oxygen atoms in total. The number of nitriles is 1. The van der Waals surface area contributed by atoms with Crippen LogP contribution >= 0.6 is 0 Å². The second-order valence-electron chi connectivity index (χ2n) is 7.39. The molecule has 0 aliphatic rings. The first kappa shape index (κ1) is 21.8. The number of nitrogens with zero attached hydrogens (tertiary/aromatic N) is 2. The van der Waals surface area contributed by atoms with Crippen LogP contribution in [-0.2, 0) is 6.54 Å². The van der Waals surface area contributed by atoms with Gasteiger partial charge in [0.05, 0.1) is 18.7 Å². The maximum atomic E-state index is 13.3. The van der Waals surface area contributed by atoms with E-state index in [1.165, 1.54) is 6.92 Å². The lowest BCUT2D eigenvalue weighted by molar-refractivity contribution is 0.103. The van der Waals surface area contributed by atoms with Crippen LogP contribution in [0.5, 0.6) is 11.6 Å². The number of pyridine rings is 1. The smallest absolute Gasteiger partial charge is 0.271 e. The van der Waals surface area contributed by atoms with Crippen molar-refractivity contribution in [3.63, 3.8) is 0 Å². The molecule has 0 unspecified atom stereocenters. The maximum absolute atomic E-state index is 13.3. The zero-order valence-corrected chi connectivity index (χ0v) is 17.8. The summed E-state index contributed by atoms with van der Waals surface area (Å²) in [5.74, 6) is -0.392. The molecule has 0 radical (unpaired) electrons. The van der Waals surface area contributed by atoms with Gasteiger partial charge in [0.2, 0.25) is 5.88 Å². The fourth-order valence-corrected chi connectivity index (χ4v) is 3.34. The van der Waals surface area contributed by atoms with Gasteiger partial charge in [-0.1, -0.05) is 48.9 Å². The van der Waals surface area contributed by atoms with Gasteiger partial charge in [-0.3, -0.25) is 14.2 Å². The third-order valence-corrected chi connectivity index (χ3v) is 5.06. The van der Waals surface area contributed by atoms with E-state index >= 15 is 0 Å². The average molecular weight is 416 g/mol. The van der Waals surface area contributed by atoms with Crippen molar-refractivity contribution in [2.75, 3.05) is 6.61 Å². The number of rotatable bonds is 7. The van der Waals surface area contributed by atoms with E-state index in [2.05, 4.69) is 0 Å². The largest absolute Gasteiger partial charge is 0.494 e. The highest BCUT2D eigenvalue weighted by atomic mass is 16.5. The van der Waals surface area contributed by atoms with Crippen LogP contribution in [0.15, 0.2) is 53.3 Å². The fraction of sp³-hybridized carbons (Fsp3) is 0.240. The van der Waals surface area contributed by atoms with Crippen molar-refractivity contribution >= 4 is 5.78 Å². The molecule has 158 valence electrons. The Balaban J connectivity index is 2.12. The van der Waals surface area contributed by atoms with Crippen LogP contribution in [0.4, 0.5) is 0 Å². The fourth-order valence-electron chi connectivity index (χ4n) is 3.34.